The number of aromatic nitrogens is 1. The molecular weight excluding hydrogens is 241 g/mol. The first-order chi connectivity index (χ1) is 9.28. The lowest BCUT2D eigenvalue weighted by Crippen LogP contribution is -2.02. The Hall–Kier alpha value is -1.77. The first-order valence-corrected chi connectivity index (χ1v) is 6.77. The molecule has 2 atom stereocenters. The van der Waals surface area contributed by atoms with Crippen LogP contribution in [0.5, 0.6) is 0 Å². The molecule has 0 saturated heterocycles. The SMILES string of the molecule is O=CC1C2CC(c3ccnc4ccc(F)cc34)CC12. The number of hydrogen-bond acceptors (Lipinski definition) is 2. The minimum absolute atomic E-state index is 0.212. The summed E-state index contributed by atoms with van der Waals surface area (Å²) in [5.41, 5.74) is 2.05. The van der Waals surface area contributed by atoms with Gasteiger partial charge >= 0.3 is 0 Å². The highest BCUT2D eigenvalue weighted by Gasteiger charge is 2.56. The Labute approximate surface area is 110 Å². The molecule has 19 heavy (non-hydrogen) atoms. The van der Waals surface area contributed by atoms with Gasteiger partial charge in [-0.1, -0.05) is 0 Å². The van der Waals surface area contributed by atoms with Crippen LogP contribution in [0.4, 0.5) is 4.39 Å². The Kier molecular flexibility index (Phi) is 2.25. The highest BCUT2D eigenvalue weighted by molar-refractivity contribution is 5.82. The van der Waals surface area contributed by atoms with Gasteiger partial charge in [-0.2, -0.15) is 0 Å². The lowest BCUT2D eigenvalue weighted by molar-refractivity contribution is -0.109. The number of rotatable bonds is 2. The summed E-state index contributed by atoms with van der Waals surface area (Å²) < 4.78 is 13.4. The Balaban J connectivity index is 1.72. The van der Waals surface area contributed by atoms with Crippen LogP contribution >= 0.6 is 0 Å². The van der Waals surface area contributed by atoms with Gasteiger partial charge in [-0.05, 0) is 60.4 Å². The molecular formula is C16H14FNO. The largest absolute Gasteiger partial charge is 0.303 e. The molecule has 0 aliphatic heterocycles. The summed E-state index contributed by atoms with van der Waals surface area (Å²) in [6.45, 7) is 0. The minimum atomic E-state index is -0.212. The van der Waals surface area contributed by atoms with E-state index in [1.54, 1.807) is 18.3 Å². The van der Waals surface area contributed by atoms with Gasteiger partial charge < -0.3 is 4.79 Å². The zero-order valence-electron chi connectivity index (χ0n) is 10.4. The van der Waals surface area contributed by atoms with Gasteiger partial charge in [0.15, 0.2) is 0 Å². The van der Waals surface area contributed by atoms with Crippen LogP contribution in [0.2, 0.25) is 0 Å². The highest BCUT2D eigenvalue weighted by atomic mass is 19.1. The number of carbonyl (C=O) groups excluding carboxylic acids is 1. The van der Waals surface area contributed by atoms with E-state index < -0.39 is 0 Å². The van der Waals surface area contributed by atoms with E-state index in [4.69, 9.17) is 0 Å². The highest BCUT2D eigenvalue weighted by Crippen LogP contribution is 2.61. The summed E-state index contributed by atoms with van der Waals surface area (Å²) in [4.78, 5) is 15.1. The van der Waals surface area contributed by atoms with E-state index in [2.05, 4.69) is 4.98 Å². The van der Waals surface area contributed by atoms with E-state index >= 15 is 0 Å². The predicted octanol–water partition coefficient (Wildman–Crippen LogP) is 3.31. The van der Waals surface area contributed by atoms with E-state index in [1.165, 1.54) is 11.6 Å². The van der Waals surface area contributed by atoms with Gasteiger partial charge in [-0.3, -0.25) is 4.98 Å². The molecule has 1 aromatic heterocycles. The maximum atomic E-state index is 13.4. The monoisotopic (exact) mass is 255 g/mol. The van der Waals surface area contributed by atoms with E-state index in [1.807, 2.05) is 6.07 Å². The second-order valence-electron chi connectivity index (χ2n) is 5.77. The summed E-state index contributed by atoms with van der Waals surface area (Å²) in [6.07, 6.45) is 5.03. The zero-order chi connectivity index (χ0) is 13.0. The van der Waals surface area contributed by atoms with Gasteiger partial charge in [0, 0.05) is 17.5 Å². The molecule has 0 bridgehead atoms. The lowest BCUT2D eigenvalue weighted by Gasteiger charge is -2.15. The quantitative estimate of drug-likeness (QED) is 0.770. The minimum Gasteiger partial charge on any atom is -0.303 e. The number of benzene rings is 1. The van der Waals surface area contributed by atoms with Crippen molar-refractivity contribution in [3.8, 4) is 0 Å². The molecule has 3 heteroatoms. The number of carbonyl (C=O) groups is 1. The lowest BCUT2D eigenvalue weighted by atomic mass is 9.90. The van der Waals surface area contributed by atoms with Crippen LogP contribution in [0, 0.1) is 23.6 Å². The first kappa shape index (κ1) is 11.1. The number of nitrogens with zero attached hydrogens (tertiary/aromatic N) is 1. The molecule has 2 nitrogen and oxygen atoms in total. The molecule has 2 aromatic rings. The fourth-order valence-corrected chi connectivity index (χ4v) is 3.84. The van der Waals surface area contributed by atoms with Crippen molar-refractivity contribution in [2.24, 2.45) is 17.8 Å². The molecule has 0 N–H and O–H groups in total. The van der Waals surface area contributed by atoms with Gasteiger partial charge in [0.05, 0.1) is 5.52 Å². The van der Waals surface area contributed by atoms with Crippen molar-refractivity contribution in [1.82, 2.24) is 4.98 Å². The number of aldehydes is 1. The first-order valence-electron chi connectivity index (χ1n) is 6.77. The second-order valence-corrected chi connectivity index (χ2v) is 5.77. The van der Waals surface area contributed by atoms with Crippen molar-refractivity contribution in [2.75, 3.05) is 0 Å². The molecule has 0 radical (unpaired) electrons. The molecule has 1 aromatic carbocycles. The fraction of sp³-hybridized carbons (Fsp3) is 0.375. The average Bonchev–Trinajstić information content (AvgIpc) is 2.90. The van der Waals surface area contributed by atoms with Crippen LogP contribution < -0.4 is 0 Å². The Bertz CT molecular complexity index is 657. The standard InChI is InChI=1S/C16H14FNO/c17-10-1-2-16-14(7-10)11(3-4-18-16)9-5-12-13(6-9)15(12)8-19/h1-4,7-9,12-13,15H,5-6H2. The number of hydrogen-bond donors (Lipinski definition) is 0. The predicted molar refractivity (Wildman–Crippen MR) is 70.2 cm³/mol. The topological polar surface area (TPSA) is 30.0 Å². The van der Waals surface area contributed by atoms with Crippen LogP contribution in [0.1, 0.15) is 24.3 Å². The van der Waals surface area contributed by atoms with Crippen LogP contribution in [-0.4, -0.2) is 11.3 Å². The molecule has 4 rings (SSSR count). The van der Waals surface area contributed by atoms with Gasteiger partial charge in [0.25, 0.3) is 0 Å². The van der Waals surface area contributed by atoms with E-state index in [0.29, 0.717) is 23.7 Å². The van der Waals surface area contributed by atoms with Crippen molar-refractivity contribution in [2.45, 2.75) is 18.8 Å². The van der Waals surface area contributed by atoms with Crippen LogP contribution in [0.15, 0.2) is 30.5 Å². The van der Waals surface area contributed by atoms with Crippen LogP contribution in [0.3, 0.4) is 0 Å². The average molecular weight is 255 g/mol. The number of fused-ring (bicyclic) bond motifs is 2. The molecule has 2 aliphatic rings. The Morgan fingerprint density at radius 1 is 1.21 bits per heavy atom. The maximum absolute atomic E-state index is 13.4. The van der Waals surface area contributed by atoms with Gasteiger partial charge in [0.1, 0.15) is 12.1 Å². The van der Waals surface area contributed by atoms with Gasteiger partial charge in [0.2, 0.25) is 0 Å². The molecule has 0 spiro atoms. The Morgan fingerprint density at radius 2 is 2.00 bits per heavy atom. The summed E-state index contributed by atoms with van der Waals surface area (Å²) in [6, 6.07) is 6.78. The molecule has 2 aliphatic carbocycles. The smallest absolute Gasteiger partial charge is 0.123 e. The Morgan fingerprint density at radius 3 is 2.74 bits per heavy atom. The van der Waals surface area contributed by atoms with E-state index in [0.717, 1.165) is 30.0 Å². The third-order valence-electron chi connectivity index (χ3n) is 4.85. The molecule has 96 valence electrons. The number of halogens is 1. The van der Waals surface area contributed by atoms with Crippen molar-refractivity contribution in [3.05, 3.63) is 41.8 Å². The second kappa shape index (κ2) is 3.86. The zero-order valence-corrected chi connectivity index (χ0v) is 10.4. The van der Waals surface area contributed by atoms with E-state index in [-0.39, 0.29) is 5.82 Å². The summed E-state index contributed by atoms with van der Waals surface area (Å²) in [7, 11) is 0. The summed E-state index contributed by atoms with van der Waals surface area (Å²) in [5.74, 6) is 1.67. The van der Waals surface area contributed by atoms with Gasteiger partial charge in [-0.15, -0.1) is 0 Å². The maximum Gasteiger partial charge on any atom is 0.123 e. The van der Waals surface area contributed by atoms with E-state index in [9.17, 15) is 9.18 Å². The molecule has 1 heterocycles. The van der Waals surface area contributed by atoms with Crippen molar-refractivity contribution in [3.63, 3.8) is 0 Å². The van der Waals surface area contributed by atoms with Crippen molar-refractivity contribution >= 4 is 17.2 Å². The third kappa shape index (κ3) is 1.61. The number of pyridine rings is 1. The van der Waals surface area contributed by atoms with Crippen molar-refractivity contribution in [1.29, 1.82) is 0 Å². The summed E-state index contributed by atoms with van der Waals surface area (Å²) >= 11 is 0. The van der Waals surface area contributed by atoms with Crippen LogP contribution in [0.25, 0.3) is 10.9 Å². The fourth-order valence-electron chi connectivity index (χ4n) is 3.84. The molecule has 2 fully saturated rings. The molecule has 2 unspecified atom stereocenters. The van der Waals surface area contributed by atoms with Crippen molar-refractivity contribution < 1.29 is 9.18 Å². The summed E-state index contributed by atoms with van der Waals surface area (Å²) in [5, 5.41) is 0.927. The third-order valence-corrected chi connectivity index (χ3v) is 4.85. The van der Waals surface area contributed by atoms with Gasteiger partial charge in [-0.25, -0.2) is 4.39 Å². The van der Waals surface area contributed by atoms with Crippen LogP contribution in [-0.2, 0) is 4.79 Å². The molecule has 2 saturated carbocycles. The normalized spacial score (nSPS) is 32.3. The molecule has 0 amide bonds.